The minimum absolute atomic E-state index is 0.122. The van der Waals surface area contributed by atoms with Crippen LogP contribution in [0.3, 0.4) is 0 Å². The minimum Gasteiger partial charge on any atom is -0.373 e. The predicted octanol–water partition coefficient (Wildman–Crippen LogP) is 3.74. The van der Waals surface area contributed by atoms with Gasteiger partial charge < -0.3 is 10.1 Å². The lowest BCUT2D eigenvalue weighted by Gasteiger charge is -2.21. The maximum absolute atomic E-state index is 13.4. The van der Waals surface area contributed by atoms with E-state index in [4.69, 9.17) is 0 Å². The summed E-state index contributed by atoms with van der Waals surface area (Å²) in [7, 11) is 1.80. The molecule has 0 saturated carbocycles. The van der Waals surface area contributed by atoms with E-state index in [-0.39, 0.29) is 17.4 Å². The SMILES string of the molecule is CC[C@@H](c1ccccc1)n1c(=O)c(CCCC(C)=O)nc2ccc(NC)nc21. The molecule has 0 bridgehead atoms. The van der Waals surface area contributed by atoms with Crippen molar-refractivity contribution < 1.29 is 4.79 Å². The largest absolute Gasteiger partial charge is 0.373 e. The number of nitrogens with one attached hydrogen (secondary N) is 1. The van der Waals surface area contributed by atoms with E-state index in [1.54, 1.807) is 18.5 Å². The van der Waals surface area contributed by atoms with E-state index < -0.39 is 0 Å². The lowest BCUT2D eigenvalue weighted by molar-refractivity contribution is -0.117. The monoisotopic (exact) mass is 378 g/mol. The van der Waals surface area contributed by atoms with Crippen LogP contribution in [0.1, 0.15) is 50.4 Å². The first-order valence-electron chi connectivity index (χ1n) is 9.69. The Bertz CT molecular complexity index is 1030. The van der Waals surface area contributed by atoms with Crippen LogP contribution in [0.2, 0.25) is 0 Å². The van der Waals surface area contributed by atoms with Gasteiger partial charge in [0.25, 0.3) is 5.56 Å². The molecule has 6 heteroatoms. The highest BCUT2D eigenvalue weighted by Crippen LogP contribution is 2.24. The van der Waals surface area contributed by atoms with Crippen molar-refractivity contribution in [3.05, 3.63) is 64.1 Å². The molecule has 0 unspecified atom stereocenters. The minimum atomic E-state index is -0.134. The summed E-state index contributed by atoms with van der Waals surface area (Å²) in [6.45, 7) is 3.63. The van der Waals surface area contributed by atoms with Crippen LogP contribution in [0.4, 0.5) is 5.82 Å². The molecule has 0 aliphatic rings. The second-order valence-electron chi connectivity index (χ2n) is 6.91. The van der Waals surface area contributed by atoms with E-state index in [0.29, 0.717) is 41.9 Å². The maximum atomic E-state index is 13.4. The third-order valence-electron chi connectivity index (χ3n) is 4.89. The van der Waals surface area contributed by atoms with Crippen LogP contribution in [0.25, 0.3) is 11.2 Å². The Hall–Kier alpha value is -3.02. The number of aryl methyl sites for hydroxylation is 1. The molecule has 2 heterocycles. The van der Waals surface area contributed by atoms with E-state index >= 15 is 0 Å². The molecule has 0 saturated heterocycles. The van der Waals surface area contributed by atoms with Crippen molar-refractivity contribution >= 4 is 22.8 Å². The molecule has 1 atom stereocenters. The fourth-order valence-corrected chi connectivity index (χ4v) is 3.47. The number of aromatic nitrogens is 3. The van der Waals surface area contributed by atoms with Crippen molar-refractivity contribution in [2.45, 2.75) is 45.6 Å². The Balaban J connectivity index is 2.19. The van der Waals surface area contributed by atoms with E-state index in [0.717, 1.165) is 12.0 Å². The summed E-state index contributed by atoms with van der Waals surface area (Å²) in [5, 5.41) is 3.03. The number of anilines is 1. The molecule has 0 spiro atoms. The number of nitrogens with zero attached hydrogens (tertiary/aromatic N) is 3. The van der Waals surface area contributed by atoms with E-state index in [2.05, 4.69) is 22.2 Å². The smallest absolute Gasteiger partial charge is 0.274 e. The number of hydrogen-bond acceptors (Lipinski definition) is 5. The number of ketones is 1. The van der Waals surface area contributed by atoms with Crippen molar-refractivity contribution in [2.75, 3.05) is 12.4 Å². The van der Waals surface area contributed by atoms with Gasteiger partial charge >= 0.3 is 0 Å². The molecule has 3 rings (SSSR count). The summed E-state index contributed by atoms with van der Waals surface area (Å²) in [5.74, 6) is 0.812. The van der Waals surface area contributed by atoms with Crippen molar-refractivity contribution in [3.63, 3.8) is 0 Å². The first-order valence-corrected chi connectivity index (χ1v) is 9.69. The number of Topliss-reactive ketones (excluding diaryl/α,β-unsaturated/α-hetero) is 1. The van der Waals surface area contributed by atoms with Gasteiger partial charge in [-0.05, 0) is 43.9 Å². The quantitative estimate of drug-likeness (QED) is 0.646. The topological polar surface area (TPSA) is 76.9 Å². The Kier molecular flexibility index (Phi) is 6.19. The number of fused-ring (bicyclic) bond motifs is 1. The first-order chi connectivity index (χ1) is 13.5. The van der Waals surface area contributed by atoms with Gasteiger partial charge in [0.05, 0.1) is 6.04 Å². The molecule has 28 heavy (non-hydrogen) atoms. The molecular formula is C22H26N4O2. The van der Waals surface area contributed by atoms with Crippen molar-refractivity contribution in [3.8, 4) is 0 Å². The highest BCUT2D eigenvalue weighted by atomic mass is 16.1. The number of carbonyl (C=O) groups excluding carboxylic acids is 1. The Labute approximate surface area is 164 Å². The molecule has 0 amide bonds. The van der Waals surface area contributed by atoms with Crippen LogP contribution in [0.15, 0.2) is 47.3 Å². The van der Waals surface area contributed by atoms with Gasteiger partial charge in [-0.3, -0.25) is 9.36 Å². The van der Waals surface area contributed by atoms with Gasteiger partial charge in [0.2, 0.25) is 0 Å². The van der Waals surface area contributed by atoms with Gasteiger partial charge in [-0.15, -0.1) is 0 Å². The molecule has 6 nitrogen and oxygen atoms in total. The summed E-state index contributed by atoms with van der Waals surface area (Å²) >= 11 is 0. The first kappa shape index (κ1) is 19.7. The Morgan fingerprint density at radius 1 is 1.14 bits per heavy atom. The summed E-state index contributed by atoms with van der Waals surface area (Å²) in [5.41, 5.74) is 2.68. The van der Waals surface area contributed by atoms with E-state index in [1.807, 2.05) is 42.5 Å². The van der Waals surface area contributed by atoms with Gasteiger partial charge in [-0.1, -0.05) is 37.3 Å². The highest BCUT2D eigenvalue weighted by Gasteiger charge is 2.20. The average Bonchev–Trinajstić information content (AvgIpc) is 2.71. The highest BCUT2D eigenvalue weighted by molar-refractivity contribution is 5.75. The van der Waals surface area contributed by atoms with Gasteiger partial charge in [0.15, 0.2) is 5.65 Å². The van der Waals surface area contributed by atoms with Gasteiger partial charge in [-0.25, -0.2) is 9.97 Å². The maximum Gasteiger partial charge on any atom is 0.274 e. The average molecular weight is 378 g/mol. The van der Waals surface area contributed by atoms with Gasteiger partial charge in [-0.2, -0.15) is 0 Å². The summed E-state index contributed by atoms with van der Waals surface area (Å²) in [6.07, 6.45) is 2.30. The molecule has 3 aromatic rings. The summed E-state index contributed by atoms with van der Waals surface area (Å²) < 4.78 is 1.77. The van der Waals surface area contributed by atoms with Crippen LogP contribution in [-0.2, 0) is 11.2 Å². The van der Waals surface area contributed by atoms with Crippen LogP contribution < -0.4 is 10.9 Å². The van der Waals surface area contributed by atoms with Crippen molar-refractivity contribution in [1.29, 1.82) is 0 Å². The lowest BCUT2D eigenvalue weighted by Crippen LogP contribution is -2.30. The molecule has 2 aromatic heterocycles. The number of carbonyl (C=O) groups is 1. The van der Waals surface area contributed by atoms with Gasteiger partial charge in [0.1, 0.15) is 22.8 Å². The lowest BCUT2D eigenvalue weighted by atomic mass is 10.0. The van der Waals surface area contributed by atoms with E-state index in [1.165, 1.54) is 0 Å². The van der Waals surface area contributed by atoms with Crippen molar-refractivity contribution in [2.24, 2.45) is 0 Å². The standard InChI is InChI=1S/C22H26N4O2/c1-4-19(16-10-6-5-7-11-16)26-21-17(13-14-20(23-3)25-21)24-18(22(26)28)12-8-9-15(2)27/h5-7,10-11,13-14,19H,4,8-9,12H2,1-3H3,(H,23,25)/t19-/m0/s1. The molecule has 146 valence electrons. The molecule has 1 aromatic carbocycles. The Morgan fingerprint density at radius 3 is 2.54 bits per heavy atom. The third-order valence-corrected chi connectivity index (χ3v) is 4.89. The van der Waals surface area contributed by atoms with Gasteiger partial charge in [0, 0.05) is 13.5 Å². The summed E-state index contributed by atoms with van der Waals surface area (Å²) in [6, 6.07) is 13.6. The number of rotatable bonds is 8. The molecule has 1 N–H and O–H groups in total. The second-order valence-corrected chi connectivity index (χ2v) is 6.91. The van der Waals surface area contributed by atoms with Crippen LogP contribution in [0, 0.1) is 0 Å². The Morgan fingerprint density at radius 2 is 1.89 bits per heavy atom. The number of benzene rings is 1. The second kappa shape index (κ2) is 8.78. The zero-order valence-electron chi connectivity index (χ0n) is 16.6. The molecule has 0 radical (unpaired) electrons. The zero-order chi connectivity index (χ0) is 20.1. The van der Waals surface area contributed by atoms with Crippen LogP contribution in [0.5, 0.6) is 0 Å². The predicted molar refractivity (Wildman–Crippen MR) is 112 cm³/mol. The van der Waals surface area contributed by atoms with Crippen LogP contribution in [-0.4, -0.2) is 27.4 Å². The van der Waals surface area contributed by atoms with E-state index in [9.17, 15) is 9.59 Å². The molecule has 0 fully saturated rings. The summed E-state index contributed by atoms with van der Waals surface area (Å²) in [4.78, 5) is 33.9. The molecular weight excluding hydrogens is 352 g/mol. The fourth-order valence-electron chi connectivity index (χ4n) is 3.47. The molecule has 0 aliphatic heterocycles. The number of pyridine rings is 1. The number of hydrogen-bond donors (Lipinski definition) is 1. The molecule has 0 aliphatic carbocycles. The zero-order valence-corrected chi connectivity index (χ0v) is 16.6. The van der Waals surface area contributed by atoms with Crippen LogP contribution >= 0.6 is 0 Å². The van der Waals surface area contributed by atoms with Crippen molar-refractivity contribution in [1.82, 2.24) is 14.5 Å². The fraction of sp³-hybridized carbons (Fsp3) is 0.364. The third kappa shape index (κ3) is 4.11. The normalized spacial score (nSPS) is 12.1.